The van der Waals surface area contributed by atoms with E-state index in [1.54, 1.807) is 19.1 Å². The highest BCUT2D eigenvalue weighted by molar-refractivity contribution is 8.00. The van der Waals surface area contributed by atoms with E-state index in [0.29, 0.717) is 22.5 Å². The van der Waals surface area contributed by atoms with Gasteiger partial charge < -0.3 is 10.3 Å². The third kappa shape index (κ3) is 3.80. The predicted molar refractivity (Wildman–Crippen MR) is 117 cm³/mol. The smallest absolute Gasteiger partial charge is 0.332 e. The Bertz CT molecular complexity index is 1230. The van der Waals surface area contributed by atoms with Crippen LogP contribution in [0.2, 0.25) is 5.02 Å². The molecule has 0 bridgehead atoms. The number of halogens is 1. The number of anilines is 1. The van der Waals surface area contributed by atoms with Gasteiger partial charge in [-0.2, -0.15) is 0 Å². The lowest BCUT2D eigenvalue weighted by atomic mass is 10.1. The van der Waals surface area contributed by atoms with Crippen LogP contribution in [0.1, 0.15) is 24.2 Å². The van der Waals surface area contributed by atoms with Gasteiger partial charge in [0.2, 0.25) is 0 Å². The summed E-state index contributed by atoms with van der Waals surface area (Å²) in [5.74, 6) is 0.0145. The Balaban J connectivity index is 1.95. The summed E-state index contributed by atoms with van der Waals surface area (Å²) in [6, 6.07) is 7.22. The van der Waals surface area contributed by atoms with Crippen molar-refractivity contribution >= 4 is 35.0 Å². The number of ketones is 1. The van der Waals surface area contributed by atoms with E-state index in [4.69, 9.17) is 17.3 Å². The second-order valence-corrected chi connectivity index (χ2v) is 8.39. The molecule has 0 aliphatic rings. The number of benzene rings is 1. The Hall–Kier alpha value is -2.85. The Kier molecular flexibility index (Phi) is 6.18. The molecule has 3 aromatic rings. The molecule has 2 aromatic heterocycles. The number of Topliss-reactive ketones (excluding diaryl/α,β-unsaturated/α-hetero) is 1. The van der Waals surface area contributed by atoms with Gasteiger partial charge in [0.15, 0.2) is 16.8 Å². The van der Waals surface area contributed by atoms with Crippen molar-refractivity contribution in [1.29, 1.82) is 0 Å². The van der Waals surface area contributed by atoms with E-state index in [2.05, 4.69) is 10.2 Å². The number of carbonyl (C=O) groups excluding carboxylic acids is 1. The molecule has 0 aliphatic heterocycles. The number of nitrogens with zero attached hydrogens (tertiary/aromatic N) is 5. The maximum Gasteiger partial charge on any atom is 0.332 e. The van der Waals surface area contributed by atoms with Gasteiger partial charge in [-0.05, 0) is 38.1 Å². The van der Waals surface area contributed by atoms with Crippen LogP contribution in [0, 0.1) is 0 Å². The zero-order chi connectivity index (χ0) is 22.2. The number of hydrogen-bond acceptors (Lipinski definition) is 7. The fourth-order valence-corrected chi connectivity index (χ4v) is 4.08. The molecular weight excluding hydrogens is 428 g/mol. The van der Waals surface area contributed by atoms with E-state index in [9.17, 15) is 14.4 Å². The molecule has 1 unspecified atom stereocenters. The second kappa shape index (κ2) is 8.49. The Morgan fingerprint density at radius 2 is 1.80 bits per heavy atom. The average Bonchev–Trinajstić information content (AvgIpc) is 3.13. The summed E-state index contributed by atoms with van der Waals surface area (Å²) in [6.07, 6.45) is 0. The average molecular weight is 449 g/mol. The molecule has 0 saturated heterocycles. The minimum absolute atomic E-state index is 0.153. The summed E-state index contributed by atoms with van der Waals surface area (Å²) >= 11 is 7.13. The molecule has 1 aromatic carbocycles. The minimum Gasteiger partial charge on any atom is -0.384 e. The summed E-state index contributed by atoms with van der Waals surface area (Å²) in [6.45, 7) is 4.19. The number of rotatable bonds is 6. The van der Waals surface area contributed by atoms with E-state index in [-0.39, 0.29) is 11.4 Å². The molecule has 0 amide bonds. The van der Waals surface area contributed by atoms with Gasteiger partial charge in [0.25, 0.3) is 5.56 Å². The van der Waals surface area contributed by atoms with E-state index < -0.39 is 22.3 Å². The number of hydrogen-bond donors (Lipinski definition) is 1. The molecule has 0 radical (unpaired) electrons. The van der Waals surface area contributed by atoms with Crippen molar-refractivity contribution in [2.45, 2.75) is 30.8 Å². The van der Waals surface area contributed by atoms with Crippen LogP contribution in [0.3, 0.4) is 0 Å². The van der Waals surface area contributed by atoms with Gasteiger partial charge in [-0.3, -0.25) is 18.7 Å². The standard InChI is InChI=1S/C19H21ClN6O3S/c1-5-26-16(11-6-8-12(20)9-7-11)22-23-18(26)30-10(2)14(27)13-15(21)24(3)19(29)25(4)17(13)28/h6-10H,5,21H2,1-4H3. The normalized spacial score (nSPS) is 12.2. The molecule has 30 heavy (non-hydrogen) atoms. The highest BCUT2D eigenvalue weighted by Crippen LogP contribution is 2.29. The quantitative estimate of drug-likeness (QED) is 0.452. The minimum atomic E-state index is -0.716. The lowest BCUT2D eigenvalue weighted by Gasteiger charge is -2.14. The molecule has 0 saturated carbocycles. The Morgan fingerprint density at radius 1 is 1.17 bits per heavy atom. The molecule has 1 atom stereocenters. The zero-order valence-corrected chi connectivity index (χ0v) is 18.5. The van der Waals surface area contributed by atoms with Crippen molar-refractivity contribution in [3.05, 3.63) is 55.7 Å². The largest absolute Gasteiger partial charge is 0.384 e. The van der Waals surface area contributed by atoms with Gasteiger partial charge in [0.05, 0.1) is 5.25 Å². The predicted octanol–water partition coefficient (Wildman–Crippen LogP) is 1.96. The SMILES string of the molecule is CCn1c(SC(C)C(=O)c2c(N)n(C)c(=O)n(C)c2=O)nnc1-c1ccc(Cl)cc1. The molecule has 11 heteroatoms. The zero-order valence-electron chi connectivity index (χ0n) is 16.9. The number of nitrogen functional groups attached to an aromatic ring is 1. The third-order valence-electron chi connectivity index (χ3n) is 4.74. The van der Waals surface area contributed by atoms with Crippen molar-refractivity contribution in [2.75, 3.05) is 5.73 Å². The summed E-state index contributed by atoms with van der Waals surface area (Å²) in [5, 5.41) is 8.94. The van der Waals surface area contributed by atoms with Crippen LogP contribution in [0.15, 0.2) is 39.0 Å². The van der Waals surface area contributed by atoms with Crippen LogP contribution in [-0.2, 0) is 20.6 Å². The van der Waals surface area contributed by atoms with E-state index in [0.717, 1.165) is 14.7 Å². The number of thioether (sulfide) groups is 1. The monoisotopic (exact) mass is 448 g/mol. The van der Waals surface area contributed by atoms with Crippen LogP contribution in [0.4, 0.5) is 5.82 Å². The first-order valence-corrected chi connectivity index (χ1v) is 10.4. The van der Waals surface area contributed by atoms with Gasteiger partial charge in [0, 0.05) is 31.2 Å². The fourth-order valence-electron chi connectivity index (χ4n) is 2.98. The third-order valence-corrected chi connectivity index (χ3v) is 6.08. The van der Waals surface area contributed by atoms with Crippen molar-refractivity contribution < 1.29 is 4.79 Å². The number of nitrogens with two attached hydrogens (primary N) is 1. The lowest BCUT2D eigenvalue weighted by molar-refractivity contribution is 0.0992. The van der Waals surface area contributed by atoms with Crippen molar-refractivity contribution in [3.8, 4) is 11.4 Å². The Morgan fingerprint density at radius 3 is 2.40 bits per heavy atom. The maximum atomic E-state index is 13.0. The van der Waals surface area contributed by atoms with E-state index in [1.165, 1.54) is 25.9 Å². The van der Waals surface area contributed by atoms with Crippen molar-refractivity contribution in [2.24, 2.45) is 14.1 Å². The molecule has 0 fully saturated rings. The number of carbonyl (C=O) groups is 1. The van der Waals surface area contributed by atoms with Gasteiger partial charge >= 0.3 is 5.69 Å². The summed E-state index contributed by atoms with van der Waals surface area (Å²) in [7, 11) is 2.72. The van der Waals surface area contributed by atoms with Crippen LogP contribution in [0.25, 0.3) is 11.4 Å². The van der Waals surface area contributed by atoms with Crippen LogP contribution < -0.4 is 17.0 Å². The van der Waals surface area contributed by atoms with Crippen LogP contribution in [-0.4, -0.2) is 34.9 Å². The van der Waals surface area contributed by atoms with Crippen LogP contribution >= 0.6 is 23.4 Å². The molecule has 2 N–H and O–H groups in total. The van der Waals surface area contributed by atoms with Crippen LogP contribution in [0.5, 0.6) is 0 Å². The molecule has 9 nitrogen and oxygen atoms in total. The second-order valence-electron chi connectivity index (χ2n) is 6.65. The summed E-state index contributed by atoms with van der Waals surface area (Å²) in [4.78, 5) is 37.5. The van der Waals surface area contributed by atoms with Crippen molar-refractivity contribution in [3.63, 3.8) is 0 Å². The molecular formula is C19H21ClN6O3S. The first-order valence-electron chi connectivity index (χ1n) is 9.12. The van der Waals surface area contributed by atoms with Gasteiger partial charge in [-0.15, -0.1) is 10.2 Å². The molecule has 0 aliphatic carbocycles. The Labute approximate surface area is 181 Å². The fraction of sp³-hybridized carbons (Fsp3) is 0.316. The topological polar surface area (TPSA) is 118 Å². The van der Waals surface area contributed by atoms with Gasteiger partial charge in [0.1, 0.15) is 11.4 Å². The van der Waals surface area contributed by atoms with E-state index in [1.807, 2.05) is 23.6 Å². The maximum absolute atomic E-state index is 13.0. The molecule has 3 rings (SSSR count). The summed E-state index contributed by atoms with van der Waals surface area (Å²) in [5.41, 5.74) is 5.24. The number of aromatic nitrogens is 5. The molecule has 158 valence electrons. The van der Waals surface area contributed by atoms with E-state index >= 15 is 0 Å². The first-order chi connectivity index (χ1) is 14.2. The first kappa shape index (κ1) is 21.8. The molecule has 0 spiro atoms. The van der Waals surface area contributed by atoms with Crippen molar-refractivity contribution in [1.82, 2.24) is 23.9 Å². The highest BCUT2D eigenvalue weighted by atomic mass is 35.5. The lowest BCUT2D eigenvalue weighted by Crippen LogP contribution is -2.42. The molecule has 2 heterocycles. The highest BCUT2D eigenvalue weighted by Gasteiger charge is 2.27. The van der Waals surface area contributed by atoms with Gasteiger partial charge in [-0.1, -0.05) is 23.4 Å². The summed E-state index contributed by atoms with van der Waals surface area (Å²) < 4.78 is 3.83. The van der Waals surface area contributed by atoms with Gasteiger partial charge in [-0.25, -0.2) is 4.79 Å².